The molecule has 1 heterocycles. The van der Waals surface area contributed by atoms with Crippen LogP contribution in [-0.2, 0) is 18.4 Å². The first-order valence-corrected chi connectivity index (χ1v) is 9.44. The zero-order chi connectivity index (χ0) is 17.3. The monoisotopic (exact) mass is 407 g/mol. The first-order valence-electron chi connectivity index (χ1n) is 7.10. The van der Waals surface area contributed by atoms with E-state index in [1.54, 1.807) is 45.0 Å². The molecule has 23 heavy (non-hydrogen) atoms. The maximum absolute atomic E-state index is 14.1. The van der Waals surface area contributed by atoms with Crippen LogP contribution >= 0.6 is 23.5 Å². The van der Waals surface area contributed by atoms with Crippen molar-refractivity contribution in [2.45, 2.75) is 25.6 Å². The van der Waals surface area contributed by atoms with E-state index in [0.29, 0.717) is 16.5 Å². The van der Waals surface area contributed by atoms with Crippen molar-refractivity contribution in [1.29, 1.82) is 0 Å². The van der Waals surface area contributed by atoms with Crippen molar-refractivity contribution in [3.8, 4) is 0 Å². The van der Waals surface area contributed by atoms with Gasteiger partial charge in [0, 0.05) is 5.39 Å². The lowest BCUT2D eigenvalue weighted by Gasteiger charge is -2.24. The van der Waals surface area contributed by atoms with E-state index in [9.17, 15) is 13.3 Å². The molecule has 4 nitrogen and oxygen atoms in total. The van der Waals surface area contributed by atoms with Crippen LogP contribution in [0.25, 0.3) is 10.9 Å². The Kier molecular flexibility index (Phi) is 5.56. The van der Waals surface area contributed by atoms with E-state index >= 15 is 0 Å². The largest absolute Gasteiger partial charge is 0.363 e. The van der Waals surface area contributed by atoms with Crippen LogP contribution in [0.3, 0.4) is 0 Å². The number of nitrogens with zero attached hydrogens (tertiary/aromatic N) is 1. The molecule has 2 rings (SSSR count). The third-order valence-electron chi connectivity index (χ3n) is 3.26. The van der Waals surface area contributed by atoms with E-state index in [1.165, 1.54) is 0 Å². The quantitative estimate of drug-likeness (QED) is 0.505. The van der Waals surface area contributed by atoms with Crippen molar-refractivity contribution in [2.24, 2.45) is 0 Å². The molecule has 2 aromatic rings. The molecule has 8 heteroatoms. The molecular weight excluding hydrogens is 391 g/mol. The fourth-order valence-electron chi connectivity index (χ4n) is 2.41. The van der Waals surface area contributed by atoms with Gasteiger partial charge in [0.15, 0.2) is 0 Å². The van der Waals surface area contributed by atoms with Gasteiger partial charge in [0.25, 0.3) is 0 Å². The van der Waals surface area contributed by atoms with Crippen molar-refractivity contribution in [1.82, 2.24) is 4.98 Å². The highest BCUT2D eigenvalue weighted by Gasteiger charge is 2.42. The molecule has 0 saturated heterocycles. The van der Waals surface area contributed by atoms with E-state index in [-0.39, 0.29) is 18.5 Å². The van der Waals surface area contributed by atoms with Gasteiger partial charge < -0.3 is 9.05 Å². The minimum absolute atomic E-state index is 0.0663. The van der Waals surface area contributed by atoms with E-state index in [2.05, 4.69) is 20.9 Å². The molecule has 0 aliphatic carbocycles. The number of halogens is 3. The number of hydrogen-bond donors (Lipinski definition) is 0. The highest BCUT2D eigenvalue weighted by atomic mass is 79.9. The zero-order valence-electron chi connectivity index (χ0n) is 13.0. The van der Waals surface area contributed by atoms with Crippen LogP contribution in [0.1, 0.15) is 25.1 Å². The summed E-state index contributed by atoms with van der Waals surface area (Å²) in [5.41, 5.74) is 0.163. The fourth-order valence-corrected chi connectivity index (χ4v) is 4.84. The topological polar surface area (TPSA) is 48.4 Å². The molecular formula is C15H17BrF2NO3P. The minimum atomic E-state index is -3.92. The van der Waals surface area contributed by atoms with Gasteiger partial charge in [-0.05, 0) is 48.3 Å². The lowest BCUT2D eigenvalue weighted by Crippen LogP contribution is -2.26. The van der Waals surface area contributed by atoms with Gasteiger partial charge in [-0.25, -0.2) is 4.98 Å². The Balaban J connectivity index is 2.88. The molecule has 0 radical (unpaired) electrons. The summed E-state index contributed by atoms with van der Waals surface area (Å²) >= 11 is 2.32. The van der Waals surface area contributed by atoms with Crippen LogP contribution in [-0.4, -0.2) is 18.2 Å². The van der Waals surface area contributed by atoms with Crippen LogP contribution in [0.2, 0.25) is 0 Å². The van der Waals surface area contributed by atoms with E-state index in [1.807, 2.05) is 0 Å². The summed E-state index contributed by atoms with van der Waals surface area (Å²) in [5.74, 6) is 0. The van der Waals surface area contributed by atoms with Crippen LogP contribution in [0.15, 0.2) is 24.3 Å². The number of hydrogen-bond acceptors (Lipinski definition) is 4. The Morgan fingerprint density at radius 3 is 2.30 bits per heavy atom. The summed E-state index contributed by atoms with van der Waals surface area (Å²) in [5, 5.41) is 0.449. The molecule has 0 bridgehead atoms. The average molecular weight is 408 g/mol. The van der Waals surface area contributed by atoms with E-state index < -0.39 is 18.1 Å². The highest BCUT2D eigenvalue weighted by molar-refractivity contribution is 9.09. The predicted octanol–water partition coefficient (Wildman–Crippen LogP) is 4.88. The average Bonchev–Trinajstić information content (AvgIpc) is 2.46. The third kappa shape index (κ3) is 3.63. The van der Waals surface area contributed by atoms with Crippen molar-refractivity contribution < 1.29 is 22.4 Å². The molecule has 0 amide bonds. The van der Waals surface area contributed by atoms with Crippen LogP contribution in [0, 0.1) is 6.92 Å². The van der Waals surface area contributed by atoms with Crippen LogP contribution in [0.4, 0.5) is 8.78 Å². The molecule has 0 aliphatic heterocycles. The Bertz CT molecular complexity index is 754. The van der Waals surface area contributed by atoms with Gasteiger partial charge in [-0.15, -0.1) is 0 Å². The SMILES string of the molecule is CCOP(=O)(OCC)c1c(C(F)(F)Br)nc2ccccc2c1C. The highest BCUT2D eigenvalue weighted by Crippen LogP contribution is 2.51. The van der Waals surface area contributed by atoms with Gasteiger partial charge in [-0.2, -0.15) is 8.78 Å². The van der Waals surface area contributed by atoms with Crippen molar-refractivity contribution in [3.63, 3.8) is 0 Å². The summed E-state index contributed by atoms with van der Waals surface area (Å²) in [7, 11) is -3.92. The third-order valence-corrected chi connectivity index (χ3v) is 5.93. The zero-order valence-corrected chi connectivity index (χ0v) is 15.5. The first-order chi connectivity index (χ1) is 10.7. The summed E-state index contributed by atoms with van der Waals surface area (Å²) in [4.78, 5) is 0.551. The Hall–Kier alpha value is -0.880. The Labute approximate surface area is 141 Å². The molecule has 0 saturated carbocycles. The molecule has 0 aliphatic rings. The van der Waals surface area contributed by atoms with Gasteiger partial charge in [0.1, 0.15) is 5.69 Å². The lowest BCUT2D eigenvalue weighted by atomic mass is 10.1. The van der Waals surface area contributed by atoms with Crippen LogP contribution < -0.4 is 5.30 Å². The van der Waals surface area contributed by atoms with E-state index in [0.717, 1.165) is 0 Å². The number of aryl methyl sites for hydroxylation is 1. The standard InChI is InChI=1S/C15H17BrF2NO3P/c1-4-21-23(20,22-5-2)13-10(3)11-8-6-7-9-12(11)19-14(13)15(16,17)18/h6-9H,4-5H2,1-3H3. The molecule has 0 N–H and O–H groups in total. The van der Waals surface area contributed by atoms with Gasteiger partial charge in [-0.3, -0.25) is 4.57 Å². The first kappa shape index (κ1) is 18.5. The predicted molar refractivity (Wildman–Crippen MR) is 89.8 cm³/mol. The van der Waals surface area contributed by atoms with Gasteiger partial charge in [0.05, 0.1) is 24.0 Å². The molecule has 0 unspecified atom stereocenters. The number of aromatic nitrogens is 1. The molecule has 1 aromatic heterocycles. The summed E-state index contributed by atoms with van der Waals surface area (Å²) in [6.45, 7) is 5.00. The summed E-state index contributed by atoms with van der Waals surface area (Å²) in [6, 6.07) is 6.83. The normalized spacial score (nSPS) is 12.8. The number of fused-ring (bicyclic) bond motifs is 1. The molecule has 1 aromatic carbocycles. The molecule has 126 valence electrons. The number of alkyl halides is 3. The smallest absolute Gasteiger partial charge is 0.305 e. The van der Waals surface area contributed by atoms with Crippen molar-refractivity contribution in [2.75, 3.05) is 13.2 Å². The number of rotatable bonds is 6. The Morgan fingerprint density at radius 1 is 1.22 bits per heavy atom. The minimum Gasteiger partial charge on any atom is -0.305 e. The number of benzene rings is 1. The second-order valence-corrected chi connectivity index (χ2v) is 7.74. The summed E-state index contributed by atoms with van der Waals surface area (Å²) < 4.78 is 51.7. The lowest BCUT2D eigenvalue weighted by molar-refractivity contribution is 0.110. The molecule has 0 fully saturated rings. The Morgan fingerprint density at radius 2 is 1.78 bits per heavy atom. The maximum Gasteiger partial charge on any atom is 0.363 e. The second-order valence-electron chi connectivity index (χ2n) is 4.78. The van der Waals surface area contributed by atoms with Crippen LogP contribution in [0.5, 0.6) is 0 Å². The molecule has 0 spiro atoms. The summed E-state index contributed by atoms with van der Waals surface area (Å²) in [6.07, 6.45) is 0. The van der Waals surface area contributed by atoms with E-state index in [4.69, 9.17) is 9.05 Å². The van der Waals surface area contributed by atoms with Gasteiger partial charge in [-0.1, -0.05) is 18.2 Å². The second kappa shape index (κ2) is 6.93. The fraction of sp³-hybridized carbons (Fsp3) is 0.400. The van der Waals surface area contributed by atoms with Gasteiger partial charge >= 0.3 is 12.4 Å². The molecule has 0 atom stereocenters. The van der Waals surface area contributed by atoms with Gasteiger partial charge in [0.2, 0.25) is 0 Å². The maximum atomic E-state index is 14.1. The van der Waals surface area contributed by atoms with Crippen molar-refractivity contribution in [3.05, 3.63) is 35.5 Å². The van der Waals surface area contributed by atoms with Crippen molar-refractivity contribution >= 4 is 39.7 Å². The number of pyridine rings is 1. The number of para-hydroxylation sites is 1.